The van der Waals surface area contributed by atoms with Crippen LogP contribution >= 0.6 is 23.2 Å². The Morgan fingerprint density at radius 1 is 1.30 bits per heavy atom. The lowest BCUT2D eigenvalue weighted by atomic mass is 10.3. The lowest BCUT2D eigenvalue weighted by Crippen LogP contribution is -2.17. The third-order valence-corrected chi connectivity index (χ3v) is 3.97. The Morgan fingerprint density at radius 2 is 2.00 bits per heavy atom. The zero-order valence-electron chi connectivity index (χ0n) is 9.64. The Kier molecular flexibility index (Phi) is 3.98. The molecule has 0 unspecified atom stereocenters. The van der Waals surface area contributed by atoms with Crippen molar-refractivity contribution in [1.29, 1.82) is 0 Å². The molecule has 1 aromatic carbocycles. The Hall–Kier alpha value is -1.64. The number of nitrogens with one attached hydrogen (secondary N) is 1. The molecule has 1 aromatic heterocycles. The standard InChI is InChI=1S/C10H7Cl2FN4O2S/c11-6-3-5(14)4-7(9(6)13)20(18,19)17-10-15-2-1-8(12)16-10/h1-4H,14H2,(H,15,16,17). The molecule has 20 heavy (non-hydrogen) atoms. The molecule has 0 saturated heterocycles. The number of benzene rings is 1. The van der Waals surface area contributed by atoms with Gasteiger partial charge in [-0.1, -0.05) is 23.2 Å². The molecule has 2 rings (SSSR count). The molecular weight excluding hydrogens is 330 g/mol. The van der Waals surface area contributed by atoms with Gasteiger partial charge < -0.3 is 5.73 Å². The van der Waals surface area contributed by atoms with Crippen LogP contribution in [0, 0.1) is 5.82 Å². The van der Waals surface area contributed by atoms with Crippen LogP contribution in [0.4, 0.5) is 16.0 Å². The van der Waals surface area contributed by atoms with Crippen LogP contribution in [-0.4, -0.2) is 18.4 Å². The minimum absolute atomic E-state index is 0.00351. The number of aromatic nitrogens is 2. The summed E-state index contributed by atoms with van der Waals surface area (Å²) in [4.78, 5) is 6.59. The smallest absolute Gasteiger partial charge is 0.267 e. The van der Waals surface area contributed by atoms with Crippen molar-refractivity contribution in [3.8, 4) is 0 Å². The first-order valence-corrected chi connectivity index (χ1v) is 7.29. The van der Waals surface area contributed by atoms with Crippen LogP contribution in [0.3, 0.4) is 0 Å². The van der Waals surface area contributed by atoms with E-state index in [4.69, 9.17) is 28.9 Å². The van der Waals surface area contributed by atoms with Gasteiger partial charge in [0.2, 0.25) is 5.95 Å². The third kappa shape index (κ3) is 3.09. The fourth-order valence-electron chi connectivity index (χ4n) is 1.34. The van der Waals surface area contributed by atoms with Crippen LogP contribution in [0.15, 0.2) is 29.3 Å². The summed E-state index contributed by atoms with van der Waals surface area (Å²) in [6, 6.07) is 3.40. The Labute approximate surface area is 123 Å². The van der Waals surface area contributed by atoms with Gasteiger partial charge in [-0.05, 0) is 18.2 Å². The minimum Gasteiger partial charge on any atom is -0.399 e. The van der Waals surface area contributed by atoms with Crippen molar-refractivity contribution in [2.24, 2.45) is 0 Å². The van der Waals surface area contributed by atoms with E-state index >= 15 is 0 Å². The van der Waals surface area contributed by atoms with Gasteiger partial charge in [0.05, 0.1) is 5.02 Å². The summed E-state index contributed by atoms with van der Waals surface area (Å²) in [5, 5.41) is -0.374. The molecule has 0 atom stereocenters. The lowest BCUT2D eigenvalue weighted by molar-refractivity contribution is 0.570. The molecule has 6 nitrogen and oxygen atoms in total. The van der Waals surface area contributed by atoms with Crippen LogP contribution < -0.4 is 10.5 Å². The van der Waals surface area contributed by atoms with E-state index < -0.39 is 25.8 Å². The van der Waals surface area contributed by atoms with Crippen molar-refractivity contribution >= 4 is 44.9 Å². The molecule has 2 aromatic rings. The van der Waals surface area contributed by atoms with E-state index in [2.05, 4.69) is 9.97 Å². The van der Waals surface area contributed by atoms with Gasteiger partial charge in [0.1, 0.15) is 10.0 Å². The molecule has 106 valence electrons. The molecule has 0 aliphatic carbocycles. The highest BCUT2D eigenvalue weighted by atomic mass is 35.5. The van der Waals surface area contributed by atoms with Gasteiger partial charge in [-0.2, -0.15) is 0 Å². The summed E-state index contributed by atoms with van der Waals surface area (Å²) in [5.74, 6) is -1.41. The second-order valence-electron chi connectivity index (χ2n) is 3.62. The van der Waals surface area contributed by atoms with E-state index in [1.165, 1.54) is 12.3 Å². The van der Waals surface area contributed by atoms with Crippen LogP contribution in [0.5, 0.6) is 0 Å². The Balaban J connectivity index is 2.46. The third-order valence-electron chi connectivity index (χ3n) is 2.15. The summed E-state index contributed by atoms with van der Waals surface area (Å²) >= 11 is 11.2. The van der Waals surface area contributed by atoms with Crippen LogP contribution in [0.2, 0.25) is 10.2 Å². The molecule has 0 radical (unpaired) electrons. The SMILES string of the molecule is Nc1cc(Cl)c(F)c(S(=O)(=O)Nc2nccc(Cl)n2)c1. The molecule has 0 amide bonds. The normalized spacial score (nSPS) is 11.3. The van der Waals surface area contributed by atoms with Gasteiger partial charge in [-0.25, -0.2) is 27.5 Å². The first-order chi connectivity index (χ1) is 9.29. The maximum Gasteiger partial charge on any atom is 0.267 e. The monoisotopic (exact) mass is 336 g/mol. The van der Waals surface area contributed by atoms with Gasteiger partial charge >= 0.3 is 0 Å². The van der Waals surface area contributed by atoms with E-state index in [9.17, 15) is 12.8 Å². The maximum atomic E-state index is 13.8. The number of nitrogens with two attached hydrogens (primary N) is 1. The minimum atomic E-state index is -4.28. The van der Waals surface area contributed by atoms with Gasteiger partial charge in [-0.15, -0.1) is 0 Å². The van der Waals surface area contributed by atoms with Crippen molar-refractivity contribution in [2.45, 2.75) is 4.90 Å². The zero-order valence-corrected chi connectivity index (χ0v) is 12.0. The number of nitrogen functional groups attached to an aromatic ring is 1. The van der Waals surface area contributed by atoms with Gasteiger partial charge in [-0.3, -0.25) is 0 Å². The van der Waals surface area contributed by atoms with Crippen molar-refractivity contribution in [1.82, 2.24) is 9.97 Å². The van der Waals surface area contributed by atoms with E-state index in [1.54, 1.807) is 0 Å². The molecule has 3 N–H and O–H groups in total. The fourth-order valence-corrected chi connectivity index (χ4v) is 2.85. The molecule has 0 bridgehead atoms. The van der Waals surface area contributed by atoms with E-state index in [-0.39, 0.29) is 16.8 Å². The number of hydrogen-bond donors (Lipinski definition) is 2. The van der Waals surface area contributed by atoms with Gasteiger partial charge in [0.25, 0.3) is 10.0 Å². The first-order valence-electron chi connectivity index (χ1n) is 5.05. The number of anilines is 2. The summed E-state index contributed by atoms with van der Waals surface area (Å²) in [6.45, 7) is 0. The molecule has 0 saturated carbocycles. The summed E-state index contributed by atoms with van der Waals surface area (Å²) in [6.07, 6.45) is 1.25. The number of sulfonamides is 1. The number of rotatable bonds is 3. The maximum absolute atomic E-state index is 13.8. The summed E-state index contributed by atoms with van der Waals surface area (Å²) in [7, 11) is -4.28. The molecule has 0 spiro atoms. The highest BCUT2D eigenvalue weighted by molar-refractivity contribution is 7.92. The zero-order chi connectivity index (χ0) is 14.9. The van der Waals surface area contributed by atoms with Crippen LogP contribution in [-0.2, 0) is 10.0 Å². The highest BCUT2D eigenvalue weighted by Gasteiger charge is 2.23. The van der Waals surface area contributed by atoms with Gasteiger partial charge in [0, 0.05) is 11.9 Å². The largest absolute Gasteiger partial charge is 0.399 e. The first kappa shape index (κ1) is 14.8. The second-order valence-corrected chi connectivity index (χ2v) is 6.07. The van der Waals surface area contributed by atoms with Crippen molar-refractivity contribution in [3.05, 3.63) is 40.4 Å². The van der Waals surface area contributed by atoms with E-state index in [1.807, 2.05) is 4.72 Å². The average molecular weight is 337 g/mol. The Bertz CT molecular complexity index is 770. The van der Waals surface area contributed by atoms with Crippen LogP contribution in [0.25, 0.3) is 0 Å². The molecule has 1 heterocycles. The summed E-state index contributed by atoms with van der Waals surface area (Å²) in [5.41, 5.74) is 5.45. The quantitative estimate of drug-likeness (QED) is 0.662. The number of hydrogen-bond acceptors (Lipinski definition) is 5. The topological polar surface area (TPSA) is 98.0 Å². The van der Waals surface area contributed by atoms with E-state index in [0.29, 0.717) is 0 Å². The molecule has 0 fully saturated rings. The number of nitrogens with zero attached hydrogens (tertiary/aromatic N) is 2. The van der Waals surface area contributed by atoms with Crippen LogP contribution in [0.1, 0.15) is 0 Å². The predicted octanol–water partition coefficient (Wildman–Crippen LogP) is 2.31. The predicted molar refractivity (Wildman–Crippen MR) is 73.7 cm³/mol. The van der Waals surface area contributed by atoms with Crippen molar-refractivity contribution < 1.29 is 12.8 Å². The lowest BCUT2D eigenvalue weighted by Gasteiger charge is -2.09. The molecule has 10 heteroatoms. The Morgan fingerprint density at radius 3 is 2.65 bits per heavy atom. The van der Waals surface area contributed by atoms with Crippen molar-refractivity contribution in [3.63, 3.8) is 0 Å². The fraction of sp³-hybridized carbons (Fsp3) is 0. The molecule has 0 aliphatic rings. The second kappa shape index (κ2) is 5.39. The highest BCUT2D eigenvalue weighted by Crippen LogP contribution is 2.26. The number of halogens is 3. The summed E-state index contributed by atoms with van der Waals surface area (Å²) < 4.78 is 39.9. The van der Waals surface area contributed by atoms with Gasteiger partial charge in [0.15, 0.2) is 5.82 Å². The van der Waals surface area contributed by atoms with E-state index in [0.717, 1.165) is 12.1 Å². The average Bonchev–Trinajstić information content (AvgIpc) is 2.33. The molecule has 0 aliphatic heterocycles. The van der Waals surface area contributed by atoms with Crippen molar-refractivity contribution in [2.75, 3.05) is 10.5 Å². The molecular formula is C10H7Cl2FN4O2S.